The van der Waals surface area contributed by atoms with Crippen molar-refractivity contribution in [1.29, 1.82) is 5.26 Å². The first kappa shape index (κ1) is 16.9. The molecule has 120 valence electrons. The highest BCUT2D eigenvalue weighted by molar-refractivity contribution is 7.88. The Morgan fingerprint density at radius 3 is 2.64 bits per heavy atom. The molecule has 1 aromatic rings. The summed E-state index contributed by atoms with van der Waals surface area (Å²) in [6.45, 7) is -0.0606. The van der Waals surface area contributed by atoms with Crippen molar-refractivity contribution in [3.05, 3.63) is 35.1 Å². The molecule has 2 N–H and O–H groups in total. The van der Waals surface area contributed by atoms with Crippen molar-refractivity contribution in [3.63, 3.8) is 0 Å². The summed E-state index contributed by atoms with van der Waals surface area (Å²) in [7, 11) is -3.78. The molecule has 1 saturated carbocycles. The van der Waals surface area contributed by atoms with E-state index in [4.69, 9.17) is 5.26 Å². The second kappa shape index (κ2) is 6.73. The maximum Gasteiger partial charge on any atom is 0.215 e. The van der Waals surface area contributed by atoms with Crippen LogP contribution in [0, 0.1) is 17.1 Å². The molecule has 22 heavy (non-hydrogen) atoms. The third-order valence-corrected chi connectivity index (χ3v) is 5.20. The summed E-state index contributed by atoms with van der Waals surface area (Å²) in [4.78, 5) is 0. The van der Waals surface area contributed by atoms with E-state index in [1.165, 1.54) is 12.1 Å². The number of aliphatic hydroxyl groups is 1. The van der Waals surface area contributed by atoms with Crippen LogP contribution >= 0.6 is 0 Å². The number of hydrogen-bond donors (Lipinski definition) is 2. The van der Waals surface area contributed by atoms with Crippen LogP contribution in [0.15, 0.2) is 18.2 Å². The maximum atomic E-state index is 13.7. The molecule has 7 heteroatoms. The summed E-state index contributed by atoms with van der Waals surface area (Å²) >= 11 is 0. The SMILES string of the molecule is N#Cc1ccc(F)c(CS(=O)(=O)NCC2(O)CCCCC2)c1. The van der Waals surface area contributed by atoms with E-state index in [9.17, 15) is 17.9 Å². The van der Waals surface area contributed by atoms with E-state index in [2.05, 4.69) is 4.72 Å². The highest BCUT2D eigenvalue weighted by Gasteiger charge is 2.30. The van der Waals surface area contributed by atoms with Gasteiger partial charge in [0.2, 0.25) is 10.0 Å². The van der Waals surface area contributed by atoms with Crippen molar-refractivity contribution in [2.24, 2.45) is 0 Å². The minimum Gasteiger partial charge on any atom is -0.389 e. The fraction of sp³-hybridized carbons (Fsp3) is 0.533. The van der Waals surface area contributed by atoms with Gasteiger partial charge in [0.05, 0.1) is 23.0 Å². The Balaban J connectivity index is 2.04. The molecule has 0 radical (unpaired) electrons. The van der Waals surface area contributed by atoms with E-state index < -0.39 is 27.2 Å². The zero-order chi connectivity index (χ0) is 16.2. The second-order valence-electron chi connectivity index (χ2n) is 5.78. The Labute approximate surface area is 129 Å². The Morgan fingerprint density at radius 1 is 1.32 bits per heavy atom. The van der Waals surface area contributed by atoms with Crippen LogP contribution in [-0.2, 0) is 15.8 Å². The summed E-state index contributed by atoms with van der Waals surface area (Å²) in [6.07, 6.45) is 3.91. The molecule has 0 spiro atoms. The van der Waals surface area contributed by atoms with E-state index in [0.717, 1.165) is 25.3 Å². The van der Waals surface area contributed by atoms with Crippen molar-refractivity contribution in [2.45, 2.75) is 43.5 Å². The number of hydrogen-bond acceptors (Lipinski definition) is 4. The molecule has 1 aliphatic rings. The quantitative estimate of drug-likeness (QED) is 0.863. The number of benzene rings is 1. The second-order valence-corrected chi connectivity index (χ2v) is 7.59. The highest BCUT2D eigenvalue weighted by atomic mass is 32.2. The molecule has 0 amide bonds. The maximum absolute atomic E-state index is 13.7. The molecule has 0 saturated heterocycles. The molecule has 1 fully saturated rings. The number of sulfonamides is 1. The minimum atomic E-state index is -3.78. The predicted molar refractivity (Wildman–Crippen MR) is 79.8 cm³/mol. The van der Waals surface area contributed by atoms with E-state index in [1.807, 2.05) is 6.07 Å². The van der Waals surface area contributed by atoms with Gasteiger partial charge in [-0.3, -0.25) is 0 Å². The van der Waals surface area contributed by atoms with Crippen LogP contribution in [0.3, 0.4) is 0 Å². The zero-order valence-electron chi connectivity index (χ0n) is 12.2. The largest absolute Gasteiger partial charge is 0.389 e. The standard InChI is InChI=1S/C15H19FN2O3S/c16-14-5-4-12(9-17)8-13(14)10-22(20,21)18-11-15(19)6-2-1-3-7-15/h4-5,8,18-19H,1-3,6-7,10-11H2. The van der Waals surface area contributed by atoms with Gasteiger partial charge in [-0.1, -0.05) is 19.3 Å². The molecule has 2 rings (SSSR count). The molecule has 5 nitrogen and oxygen atoms in total. The lowest BCUT2D eigenvalue weighted by Crippen LogP contribution is -2.44. The number of nitrogens with zero attached hydrogens (tertiary/aromatic N) is 1. The normalized spacial score (nSPS) is 17.9. The Morgan fingerprint density at radius 2 is 2.00 bits per heavy atom. The molecule has 1 aromatic carbocycles. The fourth-order valence-electron chi connectivity index (χ4n) is 2.64. The first-order valence-corrected chi connectivity index (χ1v) is 8.87. The van der Waals surface area contributed by atoms with Gasteiger partial charge in [0.25, 0.3) is 0 Å². The summed E-state index contributed by atoms with van der Waals surface area (Å²) in [6, 6.07) is 5.45. The predicted octanol–water partition coefficient (Wildman–Crippen LogP) is 1.81. The van der Waals surface area contributed by atoms with E-state index >= 15 is 0 Å². The van der Waals surface area contributed by atoms with Crippen molar-refractivity contribution in [1.82, 2.24) is 4.72 Å². The van der Waals surface area contributed by atoms with Gasteiger partial charge in [-0.25, -0.2) is 17.5 Å². The monoisotopic (exact) mass is 326 g/mol. The first-order valence-electron chi connectivity index (χ1n) is 7.22. The first-order chi connectivity index (χ1) is 10.3. The minimum absolute atomic E-state index is 0.0535. The van der Waals surface area contributed by atoms with Crippen molar-refractivity contribution in [2.75, 3.05) is 6.54 Å². The van der Waals surface area contributed by atoms with E-state index in [0.29, 0.717) is 12.8 Å². The van der Waals surface area contributed by atoms with Gasteiger partial charge in [0.15, 0.2) is 0 Å². The van der Waals surface area contributed by atoms with Crippen LogP contribution < -0.4 is 4.72 Å². The van der Waals surface area contributed by atoms with Gasteiger partial charge in [0.1, 0.15) is 5.82 Å². The molecule has 0 bridgehead atoms. The van der Waals surface area contributed by atoms with Gasteiger partial charge >= 0.3 is 0 Å². The number of halogens is 1. The molecule has 0 heterocycles. The topological polar surface area (TPSA) is 90.2 Å². The van der Waals surface area contributed by atoms with Crippen molar-refractivity contribution < 1.29 is 17.9 Å². The number of nitrogens with one attached hydrogen (secondary N) is 1. The zero-order valence-corrected chi connectivity index (χ0v) is 13.0. The van der Waals surface area contributed by atoms with E-state index in [1.54, 1.807) is 0 Å². The van der Waals surface area contributed by atoms with Gasteiger partial charge in [-0.15, -0.1) is 0 Å². The third kappa shape index (κ3) is 4.50. The summed E-state index contributed by atoms with van der Waals surface area (Å²) in [5.41, 5.74) is -0.863. The molecular weight excluding hydrogens is 307 g/mol. The van der Waals surface area contributed by atoms with Crippen LogP contribution in [0.2, 0.25) is 0 Å². The summed E-state index contributed by atoms with van der Waals surface area (Å²) < 4.78 is 40.1. The summed E-state index contributed by atoms with van der Waals surface area (Å²) in [5, 5.41) is 19.1. The Kier molecular flexibility index (Phi) is 5.16. The average Bonchev–Trinajstić information content (AvgIpc) is 2.48. The van der Waals surface area contributed by atoms with Gasteiger partial charge in [-0.2, -0.15) is 5.26 Å². The van der Waals surface area contributed by atoms with E-state index in [-0.39, 0.29) is 17.7 Å². The lowest BCUT2D eigenvalue weighted by Gasteiger charge is -2.32. The summed E-state index contributed by atoms with van der Waals surface area (Å²) in [5.74, 6) is -1.22. The smallest absolute Gasteiger partial charge is 0.215 e. The molecule has 0 unspecified atom stereocenters. The molecular formula is C15H19FN2O3S. The van der Waals surface area contributed by atoms with Gasteiger partial charge in [0, 0.05) is 12.1 Å². The lowest BCUT2D eigenvalue weighted by molar-refractivity contribution is 0.00944. The molecule has 0 aliphatic heterocycles. The Hall–Kier alpha value is -1.49. The lowest BCUT2D eigenvalue weighted by atomic mass is 9.85. The van der Waals surface area contributed by atoms with Crippen LogP contribution in [0.25, 0.3) is 0 Å². The molecule has 1 aliphatic carbocycles. The average molecular weight is 326 g/mol. The third-order valence-electron chi connectivity index (χ3n) is 3.93. The number of nitriles is 1. The number of rotatable bonds is 5. The van der Waals surface area contributed by atoms with Crippen LogP contribution in [0.5, 0.6) is 0 Å². The fourth-order valence-corrected chi connectivity index (χ4v) is 3.86. The van der Waals surface area contributed by atoms with Gasteiger partial charge in [-0.05, 0) is 31.0 Å². The van der Waals surface area contributed by atoms with Gasteiger partial charge < -0.3 is 5.11 Å². The molecule has 0 aromatic heterocycles. The van der Waals surface area contributed by atoms with Crippen molar-refractivity contribution >= 4 is 10.0 Å². The highest BCUT2D eigenvalue weighted by Crippen LogP contribution is 2.27. The van der Waals surface area contributed by atoms with Crippen molar-refractivity contribution in [3.8, 4) is 6.07 Å². The van der Waals surface area contributed by atoms with Crippen LogP contribution in [0.4, 0.5) is 4.39 Å². The van der Waals surface area contributed by atoms with Crippen LogP contribution in [-0.4, -0.2) is 25.7 Å². The van der Waals surface area contributed by atoms with Crippen LogP contribution in [0.1, 0.15) is 43.2 Å². The Bertz CT molecular complexity index is 677. The molecule has 0 atom stereocenters.